The topological polar surface area (TPSA) is 25.4 Å². The van der Waals surface area contributed by atoms with E-state index < -0.39 is 0 Å². The minimum Gasteiger partial charge on any atom is -0.473 e. The zero-order chi connectivity index (χ0) is 11.8. The van der Waals surface area contributed by atoms with Crippen LogP contribution in [0.15, 0.2) is 12.1 Å². The highest BCUT2D eigenvalue weighted by molar-refractivity contribution is 5.17. The van der Waals surface area contributed by atoms with Crippen molar-refractivity contribution >= 4 is 0 Å². The van der Waals surface area contributed by atoms with E-state index in [9.17, 15) is 4.39 Å². The predicted octanol–water partition coefficient (Wildman–Crippen LogP) is 2.00. The molecule has 0 amide bonds. The molecule has 0 radical (unpaired) electrons. The van der Waals surface area contributed by atoms with Crippen LogP contribution in [0.25, 0.3) is 0 Å². The van der Waals surface area contributed by atoms with Gasteiger partial charge in [-0.15, -0.1) is 0 Å². The van der Waals surface area contributed by atoms with Gasteiger partial charge in [0.2, 0.25) is 5.88 Å². The number of ether oxygens (including phenoxy) is 1. The van der Waals surface area contributed by atoms with Gasteiger partial charge < -0.3 is 4.74 Å². The number of piperidine rings is 3. The third-order valence-corrected chi connectivity index (χ3v) is 3.86. The van der Waals surface area contributed by atoms with E-state index in [2.05, 4.69) is 9.88 Å². The molecule has 3 saturated heterocycles. The lowest BCUT2D eigenvalue weighted by atomic mass is 9.86. The van der Waals surface area contributed by atoms with Crippen molar-refractivity contribution in [2.24, 2.45) is 5.92 Å². The molecule has 0 aliphatic carbocycles. The fourth-order valence-electron chi connectivity index (χ4n) is 2.79. The highest BCUT2D eigenvalue weighted by Crippen LogP contribution is 2.30. The Labute approximate surface area is 101 Å². The van der Waals surface area contributed by atoms with E-state index in [-0.39, 0.29) is 11.9 Å². The lowest BCUT2D eigenvalue weighted by Gasteiger charge is -2.44. The summed E-state index contributed by atoms with van der Waals surface area (Å²) in [7, 11) is 0. The van der Waals surface area contributed by atoms with Crippen molar-refractivity contribution in [2.75, 3.05) is 19.6 Å². The van der Waals surface area contributed by atoms with Crippen LogP contribution in [0.5, 0.6) is 5.88 Å². The Bertz CT molecular complexity index is 416. The van der Waals surface area contributed by atoms with Crippen LogP contribution in [-0.4, -0.2) is 35.6 Å². The van der Waals surface area contributed by atoms with Crippen molar-refractivity contribution in [1.29, 1.82) is 0 Å². The first-order valence-corrected chi connectivity index (χ1v) is 6.24. The molecule has 4 heteroatoms. The monoisotopic (exact) mass is 236 g/mol. The molecule has 1 aromatic rings. The molecular weight excluding hydrogens is 219 g/mol. The summed E-state index contributed by atoms with van der Waals surface area (Å²) in [6.45, 7) is 5.04. The van der Waals surface area contributed by atoms with Gasteiger partial charge in [-0.3, -0.25) is 4.90 Å². The number of aromatic nitrogens is 1. The molecule has 3 nitrogen and oxygen atoms in total. The fraction of sp³-hybridized carbons (Fsp3) is 0.615. The van der Waals surface area contributed by atoms with Crippen molar-refractivity contribution in [3.63, 3.8) is 0 Å². The third-order valence-electron chi connectivity index (χ3n) is 3.86. The number of hydrogen-bond acceptors (Lipinski definition) is 3. The number of aryl methyl sites for hydroxylation is 1. The van der Waals surface area contributed by atoms with Gasteiger partial charge in [0.05, 0.1) is 5.69 Å². The lowest BCUT2D eigenvalue weighted by Crippen LogP contribution is -2.52. The van der Waals surface area contributed by atoms with E-state index in [0.717, 1.165) is 6.54 Å². The molecule has 1 atom stereocenters. The second kappa shape index (κ2) is 4.26. The first kappa shape index (κ1) is 11.0. The standard InChI is InChI=1S/C13H17FN2O/c1-9-11(14)2-3-13(15-9)17-12-8-16-6-4-10(12)5-7-16/h2-3,10,12H,4-8H2,1H3. The zero-order valence-corrected chi connectivity index (χ0v) is 10.0. The quantitative estimate of drug-likeness (QED) is 0.785. The van der Waals surface area contributed by atoms with Gasteiger partial charge in [-0.2, -0.15) is 0 Å². The minimum atomic E-state index is -0.272. The van der Waals surface area contributed by atoms with Gasteiger partial charge in [-0.25, -0.2) is 9.37 Å². The van der Waals surface area contributed by atoms with Gasteiger partial charge in [0.15, 0.2) is 0 Å². The maximum atomic E-state index is 13.1. The maximum Gasteiger partial charge on any atom is 0.213 e. The van der Waals surface area contributed by atoms with Crippen LogP contribution in [0.4, 0.5) is 4.39 Å². The van der Waals surface area contributed by atoms with Crippen molar-refractivity contribution in [3.8, 4) is 5.88 Å². The van der Waals surface area contributed by atoms with E-state index in [0.29, 0.717) is 17.5 Å². The van der Waals surface area contributed by atoms with Gasteiger partial charge in [0, 0.05) is 12.6 Å². The smallest absolute Gasteiger partial charge is 0.213 e. The summed E-state index contributed by atoms with van der Waals surface area (Å²) in [6.07, 6.45) is 2.66. The molecule has 4 heterocycles. The zero-order valence-electron chi connectivity index (χ0n) is 10.0. The SMILES string of the molecule is Cc1nc(OC2CN3CCC2CC3)ccc1F. The van der Waals surface area contributed by atoms with Crippen LogP contribution in [0.2, 0.25) is 0 Å². The van der Waals surface area contributed by atoms with Crippen molar-refractivity contribution in [2.45, 2.75) is 25.9 Å². The van der Waals surface area contributed by atoms with E-state index >= 15 is 0 Å². The Hall–Kier alpha value is -1.16. The van der Waals surface area contributed by atoms with Crippen molar-refractivity contribution < 1.29 is 9.13 Å². The Kier molecular flexibility index (Phi) is 2.74. The van der Waals surface area contributed by atoms with Crippen LogP contribution >= 0.6 is 0 Å². The molecule has 3 aliphatic heterocycles. The predicted molar refractivity (Wildman–Crippen MR) is 62.5 cm³/mol. The van der Waals surface area contributed by atoms with Crippen LogP contribution in [0, 0.1) is 18.7 Å². The molecule has 0 saturated carbocycles. The number of rotatable bonds is 2. The summed E-state index contributed by atoms with van der Waals surface area (Å²) in [5, 5.41) is 0. The van der Waals surface area contributed by atoms with E-state index in [1.54, 1.807) is 13.0 Å². The molecule has 17 heavy (non-hydrogen) atoms. The summed E-state index contributed by atoms with van der Waals surface area (Å²) >= 11 is 0. The Morgan fingerprint density at radius 3 is 2.71 bits per heavy atom. The maximum absolute atomic E-state index is 13.1. The second-order valence-corrected chi connectivity index (χ2v) is 5.01. The second-order valence-electron chi connectivity index (χ2n) is 5.01. The molecule has 1 unspecified atom stereocenters. The molecular formula is C13H17FN2O. The highest BCUT2D eigenvalue weighted by Gasteiger charge is 2.35. The largest absolute Gasteiger partial charge is 0.473 e. The van der Waals surface area contributed by atoms with Crippen LogP contribution in [0.1, 0.15) is 18.5 Å². The normalized spacial score (nSPS) is 31.5. The average Bonchev–Trinajstić information content (AvgIpc) is 2.35. The summed E-state index contributed by atoms with van der Waals surface area (Å²) in [6, 6.07) is 3.05. The number of hydrogen-bond donors (Lipinski definition) is 0. The first-order chi connectivity index (χ1) is 8.22. The van der Waals surface area contributed by atoms with E-state index in [4.69, 9.17) is 4.74 Å². The van der Waals surface area contributed by atoms with Crippen LogP contribution < -0.4 is 4.74 Å². The highest BCUT2D eigenvalue weighted by atomic mass is 19.1. The molecule has 1 aromatic heterocycles. The van der Waals surface area contributed by atoms with Crippen LogP contribution in [0.3, 0.4) is 0 Å². The van der Waals surface area contributed by atoms with Gasteiger partial charge >= 0.3 is 0 Å². The summed E-state index contributed by atoms with van der Waals surface area (Å²) < 4.78 is 19.0. The Balaban J connectivity index is 1.72. The minimum absolute atomic E-state index is 0.231. The molecule has 2 bridgehead atoms. The number of nitrogens with zero attached hydrogens (tertiary/aromatic N) is 2. The number of pyridine rings is 1. The first-order valence-electron chi connectivity index (χ1n) is 6.24. The van der Waals surface area contributed by atoms with Gasteiger partial charge in [0.25, 0.3) is 0 Å². The summed E-state index contributed by atoms with van der Waals surface area (Å²) in [4.78, 5) is 6.57. The average molecular weight is 236 g/mol. The summed E-state index contributed by atoms with van der Waals surface area (Å²) in [5.41, 5.74) is 0.406. The molecule has 92 valence electrons. The third kappa shape index (κ3) is 2.14. The molecule has 0 spiro atoms. The Morgan fingerprint density at radius 1 is 1.35 bits per heavy atom. The Morgan fingerprint density at radius 2 is 2.12 bits per heavy atom. The summed E-state index contributed by atoms with van der Waals surface area (Å²) in [5.74, 6) is 0.932. The van der Waals surface area contributed by atoms with Crippen molar-refractivity contribution in [3.05, 3.63) is 23.6 Å². The van der Waals surface area contributed by atoms with E-state index in [1.807, 2.05) is 0 Å². The fourth-order valence-corrected chi connectivity index (χ4v) is 2.79. The van der Waals surface area contributed by atoms with Crippen molar-refractivity contribution in [1.82, 2.24) is 9.88 Å². The van der Waals surface area contributed by atoms with Crippen LogP contribution in [-0.2, 0) is 0 Å². The number of fused-ring (bicyclic) bond motifs is 3. The van der Waals surface area contributed by atoms with Gasteiger partial charge in [-0.1, -0.05) is 0 Å². The molecule has 0 N–H and O–H groups in total. The molecule has 3 aliphatic rings. The lowest BCUT2D eigenvalue weighted by molar-refractivity contribution is -0.0100. The molecule has 4 rings (SSSR count). The number of halogens is 1. The van der Waals surface area contributed by atoms with Gasteiger partial charge in [0.1, 0.15) is 11.9 Å². The van der Waals surface area contributed by atoms with E-state index in [1.165, 1.54) is 32.0 Å². The van der Waals surface area contributed by atoms with Gasteiger partial charge in [-0.05, 0) is 44.8 Å². The molecule has 0 aromatic carbocycles. The molecule has 3 fully saturated rings.